The summed E-state index contributed by atoms with van der Waals surface area (Å²) in [5.74, 6) is 0. The van der Waals surface area contributed by atoms with Gasteiger partial charge in [-0.1, -0.05) is 20.8 Å². The zero-order chi connectivity index (χ0) is 15.6. The number of nitrogens with two attached hydrogens (primary N) is 2. The molecule has 0 aliphatic carbocycles. The number of aliphatic hydroxyl groups excluding tert-OH is 1. The highest BCUT2D eigenvalue weighted by Gasteiger charge is 2.17. The van der Waals surface area contributed by atoms with E-state index in [1.165, 1.54) is 12.1 Å². The van der Waals surface area contributed by atoms with Crippen molar-refractivity contribution in [2.75, 3.05) is 17.6 Å². The fourth-order valence-electron chi connectivity index (χ4n) is 1.93. The second-order valence-corrected chi connectivity index (χ2v) is 7.63. The zero-order valence-corrected chi connectivity index (χ0v) is 12.9. The molecular formula is C13H23N3O3S. The molecular weight excluding hydrogens is 278 g/mol. The van der Waals surface area contributed by atoms with Crippen molar-refractivity contribution >= 4 is 21.4 Å². The number of hydrogen-bond donors (Lipinski definition) is 4. The lowest BCUT2D eigenvalue weighted by molar-refractivity contribution is 0.132. The van der Waals surface area contributed by atoms with Gasteiger partial charge in [0.25, 0.3) is 0 Å². The Morgan fingerprint density at radius 2 is 1.95 bits per heavy atom. The van der Waals surface area contributed by atoms with E-state index in [0.29, 0.717) is 18.7 Å². The lowest BCUT2D eigenvalue weighted by Gasteiger charge is -2.22. The van der Waals surface area contributed by atoms with Crippen LogP contribution in [0.5, 0.6) is 0 Å². The van der Waals surface area contributed by atoms with E-state index in [2.05, 4.69) is 26.1 Å². The maximum absolute atomic E-state index is 11.2. The molecule has 6 nitrogen and oxygen atoms in total. The summed E-state index contributed by atoms with van der Waals surface area (Å²) in [5.41, 5.74) is 6.42. The second kappa shape index (κ2) is 5.99. The SMILES string of the molecule is CC(C)(C)CC(O)CNc1ccc(S(N)(=O)=O)c(N)c1. The Balaban J connectivity index is 2.69. The van der Waals surface area contributed by atoms with Gasteiger partial charge in [0.1, 0.15) is 4.90 Å². The van der Waals surface area contributed by atoms with E-state index in [-0.39, 0.29) is 16.0 Å². The third kappa shape index (κ3) is 5.36. The summed E-state index contributed by atoms with van der Waals surface area (Å²) in [6, 6.07) is 4.41. The van der Waals surface area contributed by atoms with E-state index in [9.17, 15) is 13.5 Å². The molecule has 1 atom stereocenters. The van der Waals surface area contributed by atoms with Crippen molar-refractivity contribution in [2.24, 2.45) is 10.6 Å². The molecule has 0 aliphatic heterocycles. The first-order chi connectivity index (χ1) is 8.99. The first-order valence-corrected chi connectivity index (χ1v) is 7.88. The van der Waals surface area contributed by atoms with Gasteiger partial charge in [0.2, 0.25) is 10.0 Å². The van der Waals surface area contributed by atoms with Crippen molar-refractivity contribution in [1.29, 1.82) is 0 Å². The smallest absolute Gasteiger partial charge is 0.240 e. The van der Waals surface area contributed by atoms with Crippen LogP contribution >= 0.6 is 0 Å². The Hall–Kier alpha value is -1.31. The molecule has 0 bridgehead atoms. The van der Waals surface area contributed by atoms with Crippen molar-refractivity contribution in [2.45, 2.75) is 38.2 Å². The standard InChI is InChI=1S/C13H23N3O3S/c1-13(2,3)7-10(17)8-16-9-4-5-12(11(14)6-9)20(15,18)19/h4-6,10,16-17H,7-8,14H2,1-3H3,(H2,15,18,19). The van der Waals surface area contributed by atoms with Gasteiger partial charge in [0.05, 0.1) is 11.8 Å². The van der Waals surface area contributed by atoms with Crippen molar-refractivity contribution in [1.82, 2.24) is 0 Å². The van der Waals surface area contributed by atoms with Gasteiger partial charge in [-0.25, -0.2) is 13.6 Å². The lowest BCUT2D eigenvalue weighted by atomic mass is 9.89. The Bertz CT molecular complexity index is 565. The fourth-order valence-corrected chi connectivity index (χ4v) is 2.58. The predicted octanol–water partition coefficient (Wildman–Crippen LogP) is 1.13. The normalized spacial score (nSPS) is 14.1. The molecule has 20 heavy (non-hydrogen) atoms. The monoisotopic (exact) mass is 301 g/mol. The van der Waals surface area contributed by atoms with Crippen molar-refractivity contribution < 1.29 is 13.5 Å². The number of nitrogen functional groups attached to an aromatic ring is 1. The minimum atomic E-state index is -3.81. The van der Waals surface area contributed by atoms with E-state index in [0.717, 1.165) is 0 Å². The molecule has 0 spiro atoms. The van der Waals surface area contributed by atoms with Crippen LogP contribution in [0.15, 0.2) is 23.1 Å². The van der Waals surface area contributed by atoms with Gasteiger partial charge < -0.3 is 16.2 Å². The number of anilines is 2. The summed E-state index contributed by atoms with van der Waals surface area (Å²) in [5, 5.41) is 17.9. The van der Waals surface area contributed by atoms with E-state index in [1.807, 2.05) is 0 Å². The van der Waals surface area contributed by atoms with Gasteiger partial charge in [-0.2, -0.15) is 0 Å². The van der Waals surface area contributed by atoms with Crippen LogP contribution in [0.25, 0.3) is 0 Å². The predicted molar refractivity (Wildman–Crippen MR) is 80.8 cm³/mol. The largest absolute Gasteiger partial charge is 0.398 e. The van der Waals surface area contributed by atoms with Gasteiger partial charge in [-0.15, -0.1) is 0 Å². The molecule has 1 aromatic rings. The van der Waals surface area contributed by atoms with Crippen LogP contribution in [-0.4, -0.2) is 26.2 Å². The van der Waals surface area contributed by atoms with Gasteiger partial charge in [0.15, 0.2) is 0 Å². The van der Waals surface area contributed by atoms with Crippen LogP contribution in [0.4, 0.5) is 11.4 Å². The second-order valence-electron chi connectivity index (χ2n) is 6.10. The highest BCUT2D eigenvalue weighted by atomic mass is 32.2. The number of aliphatic hydroxyl groups is 1. The van der Waals surface area contributed by atoms with Crippen molar-refractivity contribution in [3.8, 4) is 0 Å². The Morgan fingerprint density at radius 3 is 2.40 bits per heavy atom. The number of sulfonamides is 1. The molecule has 1 unspecified atom stereocenters. The minimum absolute atomic E-state index is 0.0393. The Labute approximate surface area is 120 Å². The van der Waals surface area contributed by atoms with Crippen LogP contribution in [0.2, 0.25) is 0 Å². The number of primary sulfonamides is 1. The molecule has 7 heteroatoms. The number of hydrogen-bond acceptors (Lipinski definition) is 5. The van der Waals surface area contributed by atoms with E-state index < -0.39 is 16.1 Å². The average molecular weight is 301 g/mol. The van der Waals surface area contributed by atoms with Crippen LogP contribution < -0.4 is 16.2 Å². The molecule has 6 N–H and O–H groups in total. The fraction of sp³-hybridized carbons (Fsp3) is 0.538. The summed E-state index contributed by atoms with van der Waals surface area (Å²) in [4.78, 5) is -0.0988. The summed E-state index contributed by atoms with van der Waals surface area (Å²) in [7, 11) is -3.81. The molecule has 0 heterocycles. The maximum Gasteiger partial charge on any atom is 0.240 e. The molecule has 1 aromatic carbocycles. The van der Waals surface area contributed by atoms with Crippen LogP contribution in [-0.2, 0) is 10.0 Å². The summed E-state index contributed by atoms with van der Waals surface area (Å²) in [6.07, 6.45) is 0.166. The van der Waals surface area contributed by atoms with Crippen LogP contribution in [0, 0.1) is 5.41 Å². The van der Waals surface area contributed by atoms with Gasteiger partial charge in [0, 0.05) is 12.2 Å². The third-order valence-electron chi connectivity index (χ3n) is 2.71. The number of rotatable bonds is 5. The van der Waals surface area contributed by atoms with Crippen molar-refractivity contribution in [3.63, 3.8) is 0 Å². The van der Waals surface area contributed by atoms with E-state index >= 15 is 0 Å². The zero-order valence-electron chi connectivity index (χ0n) is 12.1. The Kier molecular flexibility index (Phi) is 5.01. The summed E-state index contributed by atoms with van der Waals surface area (Å²) < 4.78 is 22.5. The molecule has 0 amide bonds. The third-order valence-corrected chi connectivity index (χ3v) is 3.69. The molecule has 114 valence electrons. The highest BCUT2D eigenvalue weighted by Crippen LogP contribution is 2.23. The quantitative estimate of drug-likeness (QED) is 0.608. The average Bonchev–Trinajstić information content (AvgIpc) is 2.22. The first kappa shape index (κ1) is 16.7. The topological polar surface area (TPSA) is 118 Å². The van der Waals surface area contributed by atoms with E-state index in [4.69, 9.17) is 10.9 Å². The molecule has 1 rings (SSSR count). The summed E-state index contributed by atoms with van der Waals surface area (Å²) >= 11 is 0. The molecule has 0 aromatic heterocycles. The first-order valence-electron chi connectivity index (χ1n) is 6.33. The molecule has 0 saturated heterocycles. The van der Waals surface area contributed by atoms with Gasteiger partial charge >= 0.3 is 0 Å². The van der Waals surface area contributed by atoms with Gasteiger partial charge in [-0.3, -0.25) is 0 Å². The maximum atomic E-state index is 11.2. The summed E-state index contributed by atoms with van der Waals surface area (Å²) in [6.45, 7) is 6.52. The molecule has 0 saturated carbocycles. The van der Waals surface area contributed by atoms with Gasteiger partial charge in [-0.05, 0) is 30.0 Å². The minimum Gasteiger partial charge on any atom is -0.398 e. The van der Waals surface area contributed by atoms with Crippen LogP contribution in [0.3, 0.4) is 0 Å². The highest BCUT2D eigenvalue weighted by molar-refractivity contribution is 7.89. The Morgan fingerprint density at radius 1 is 1.35 bits per heavy atom. The van der Waals surface area contributed by atoms with Crippen molar-refractivity contribution in [3.05, 3.63) is 18.2 Å². The lowest BCUT2D eigenvalue weighted by Crippen LogP contribution is -2.25. The number of benzene rings is 1. The molecule has 0 aliphatic rings. The molecule has 0 fully saturated rings. The number of nitrogens with one attached hydrogen (secondary N) is 1. The van der Waals surface area contributed by atoms with E-state index in [1.54, 1.807) is 6.07 Å². The molecule has 0 radical (unpaired) electrons. The van der Waals surface area contributed by atoms with Crippen LogP contribution in [0.1, 0.15) is 27.2 Å².